The molecule has 0 unspecified atom stereocenters. The van der Waals surface area contributed by atoms with E-state index in [9.17, 15) is 4.79 Å². The monoisotopic (exact) mass is 229 g/mol. The first-order chi connectivity index (χ1) is 6.58. The predicted octanol–water partition coefficient (Wildman–Crippen LogP) is 2.98. The standard InChI is InChI=1S/C10H12ClNOS/c1-7(2)5-10(13)12-6-8-3-4-9(11)14-8/h3-5H,6H2,1-2H3,(H,12,13). The zero-order valence-electron chi connectivity index (χ0n) is 8.13. The molecule has 14 heavy (non-hydrogen) atoms. The molecule has 0 radical (unpaired) electrons. The molecule has 1 rings (SSSR count). The molecule has 4 heteroatoms. The smallest absolute Gasteiger partial charge is 0.244 e. The Morgan fingerprint density at radius 2 is 2.29 bits per heavy atom. The van der Waals surface area contributed by atoms with E-state index in [4.69, 9.17) is 11.6 Å². The lowest BCUT2D eigenvalue weighted by Gasteiger charge is -1.99. The molecule has 0 aliphatic heterocycles. The van der Waals surface area contributed by atoms with E-state index >= 15 is 0 Å². The Hall–Kier alpha value is -0.800. The number of allylic oxidation sites excluding steroid dienone is 1. The number of rotatable bonds is 3. The van der Waals surface area contributed by atoms with Gasteiger partial charge in [-0.25, -0.2) is 0 Å². The van der Waals surface area contributed by atoms with Crippen LogP contribution in [-0.2, 0) is 11.3 Å². The van der Waals surface area contributed by atoms with Gasteiger partial charge in [-0.05, 0) is 26.0 Å². The lowest BCUT2D eigenvalue weighted by molar-refractivity contribution is -0.116. The molecule has 1 heterocycles. The van der Waals surface area contributed by atoms with Crippen molar-refractivity contribution in [1.82, 2.24) is 5.32 Å². The van der Waals surface area contributed by atoms with Crippen molar-refractivity contribution in [3.8, 4) is 0 Å². The van der Waals surface area contributed by atoms with Gasteiger partial charge in [-0.2, -0.15) is 0 Å². The quantitative estimate of drug-likeness (QED) is 0.794. The van der Waals surface area contributed by atoms with Gasteiger partial charge in [-0.15, -0.1) is 11.3 Å². The van der Waals surface area contributed by atoms with Crippen molar-refractivity contribution in [3.05, 3.63) is 33.0 Å². The summed E-state index contributed by atoms with van der Waals surface area (Å²) in [6.07, 6.45) is 1.58. The molecule has 0 saturated carbocycles. The second kappa shape index (κ2) is 5.17. The minimum Gasteiger partial charge on any atom is -0.348 e. The second-order valence-corrected chi connectivity index (χ2v) is 4.94. The van der Waals surface area contributed by atoms with E-state index in [1.807, 2.05) is 26.0 Å². The zero-order valence-corrected chi connectivity index (χ0v) is 9.71. The number of carbonyl (C=O) groups is 1. The van der Waals surface area contributed by atoms with E-state index in [1.165, 1.54) is 11.3 Å². The summed E-state index contributed by atoms with van der Waals surface area (Å²) >= 11 is 7.23. The summed E-state index contributed by atoms with van der Waals surface area (Å²) in [6, 6.07) is 3.74. The molecule has 0 bridgehead atoms. The molecule has 1 aromatic rings. The Morgan fingerprint density at radius 1 is 1.57 bits per heavy atom. The van der Waals surface area contributed by atoms with Crippen LogP contribution in [0.4, 0.5) is 0 Å². The van der Waals surface area contributed by atoms with Crippen LogP contribution < -0.4 is 5.32 Å². The van der Waals surface area contributed by atoms with Crippen LogP contribution in [0, 0.1) is 0 Å². The fraction of sp³-hybridized carbons (Fsp3) is 0.300. The Kier molecular flexibility index (Phi) is 4.17. The summed E-state index contributed by atoms with van der Waals surface area (Å²) in [5, 5.41) is 2.78. The first kappa shape index (κ1) is 11.3. The largest absolute Gasteiger partial charge is 0.348 e. The Bertz CT molecular complexity index is 353. The van der Waals surface area contributed by atoms with Crippen LogP contribution in [0.1, 0.15) is 18.7 Å². The molecule has 0 atom stereocenters. The maximum absolute atomic E-state index is 11.2. The molecule has 0 fully saturated rings. The second-order valence-electron chi connectivity index (χ2n) is 3.15. The first-order valence-corrected chi connectivity index (χ1v) is 5.44. The van der Waals surface area contributed by atoms with Gasteiger partial charge in [0.2, 0.25) is 5.91 Å². The van der Waals surface area contributed by atoms with Crippen molar-refractivity contribution in [1.29, 1.82) is 0 Å². The zero-order chi connectivity index (χ0) is 10.6. The fourth-order valence-electron chi connectivity index (χ4n) is 0.934. The summed E-state index contributed by atoms with van der Waals surface area (Å²) in [5.41, 5.74) is 0.992. The van der Waals surface area contributed by atoms with Gasteiger partial charge >= 0.3 is 0 Å². The lowest BCUT2D eigenvalue weighted by Crippen LogP contribution is -2.19. The Balaban J connectivity index is 2.41. The maximum atomic E-state index is 11.2. The molecular formula is C10H12ClNOS. The van der Waals surface area contributed by atoms with Gasteiger partial charge in [0.25, 0.3) is 0 Å². The van der Waals surface area contributed by atoms with Gasteiger partial charge < -0.3 is 5.32 Å². The normalized spacial score (nSPS) is 9.64. The van der Waals surface area contributed by atoms with Gasteiger partial charge in [0.15, 0.2) is 0 Å². The molecule has 0 aliphatic rings. The summed E-state index contributed by atoms with van der Waals surface area (Å²) in [6.45, 7) is 4.32. The number of carbonyl (C=O) groups excluding carboxylic acids is 1. The average molecular weight is 230 g/mol. The van der Waals surface area contributed by atoms with Crippen LogP contribution in [0.2, 0.25) is 4.34 Å². The number of thiophene rings is 1. The highest BCUT2D eigenvalue weighted by Crippen LogP contribution is 2.20. The van der Waals surface area contributed by atoms with Crippen molar-refractivity contribution in [2.45, 2.75) is 20.4 Å². The molecule has 76 valence electrons. The number of amides is 1. The molecule has 1 aromatic heterocycles. The average Bonchev–Trinajstić information content (AvgIpc) is 2.47. The van der Waals surface area contributed by atoms with Crippen LogP contribution in [-0.4, -0.2) is 5.91 Å². The highest BCUT2D eigenvalue weighted by atomic mass is 35.5. The van der Waals surface area contributed by atoms with E-state index in [0.717, 1.165) is 14.8 Å². The highest BCUT2D eigenvalue weighted by Gasteiger charge is 1.99. The minimum atomic E-state index is -0.0606. The fourth-order valence-corrected chi connectivity index (χ4v) is 1.96. The topological polar surface area (TPSA) is 29.1 Å². The number of halogens is 1. The van der Waals surface area contributed by atoms with E-state index in [-0.39, 0.29) is 5.91 Å². The number of nitrogens with one attached hydrogen (secondary N) is 1. The van der Waals surface area contributed by atoms with Crippen LogP contribution in [0.5, 0.6) is 0 Å². The SMILES string of the molecule is CC(C)=CC(=O)NCc1ccc(Cl)s1. The van der Waals surface area contributed by atoms with Crippen molar-refractivity contribution in [2.75, 3.05) is 0 Å². The number of hydrogen-bond donors (Lipinski definition) is 1. The van der Waals surface area contributed by atoms with E-state index in [2.05, 4.69) is 5.32 Å². The van der Waals surface area contributed by atoms with Crippen molar-refractivity contribution < 1.29 is 4.79 Å². The minimum absolute atomic E-state index is 0.0606. The van der Waals surface area contributed by atoms with Crippen molar-refractivity contribution in [3.63, 3.8) is 0 Å². The molecule has 0 spiro atoms. The van der Waals surface area contributed by atoms with Gasteiger partial charge in [-0.1, -0.05) is 17.2 Å². The van der Waals surface area contributed by atoms with Crippen LogP contribution in [0.15, 0.2) is 23.8 Å². The van der Waals surface area contributed by atoms with Gasteiger partial charge in [0.1, 0.15) is 0 Å². The lowest BCUT2D eigenvalue weighted by atomic mass is 10.3. The van der Waals surface area contributed by atoms with Crippen LogP contribution in [0.25, 0.3) is 0 Å². The molecule has 0 aliphatic carbocycles. The highest BCUT2D eigenvalue weighted by molar-refractivity contribution is 7.16. The molecule has 0 aromatic carbocycles. The van der Waals surface area contributed by atoms with Gasteiger partial charge in [0, 0.05) is 11.0 Å². The summed E-state index contributed by atoms with van der Waals surface area (Å²) in [7, 11) is 0. The molecule has 2 nitrogen and oxygen atoms in total. The van der Waals surface area contributed by atoms with Crippen molar-refractivity contribution >= 4 is 28.8 Å². The van der Waals surface area contributed by atoms with E-state index in [0.29, 0.717) is 6.54 Å². The summed E-state index contributed by atoms with van der Waals surface area (Å²) < 4.78 is 0.747. The third-order valence-electron chi connectivity index (χ3n) is 1.49. The summed E-state index contributed by atoms with van der Waals surface area (Å²) in [5.74, 6) is -0.0606. The van der Waals surface area contributed by atoms with Gasteiger partial charge in [-0.3, -0.25) is 4.79 Å². The van der Waals surface area contributed by atoms with Crippen LogP contribution >= 0.6 is 22.9 Å². The molecule has 1 amide bonds. The molecule has 1 N–H and O–H groups in total. The van der Waals surface area contributed by atoms with E-state index < -0.39 is 0 Å². The van der Waals surface area contributed by atoms with Crippen molar-refractivity contribution in [2.24, 2.45) is 0 Å². The third-order valence-corrected chi connectivity index (χ3v) is 2.72. The Labute approximate surface area is 92.6 Å². The van der Waals surface area contributed by atoms with Crippen LogP contribution in [0.3, 0.4) is 0 Å². The molecule has 0 saturated heterocycles. The van der Waals surface area contributed by atoms with E-state index in [1.54, 1.807) is 6.08 Å². The van der Waals surface area contributed by atoms with Gasteiger partial charge in [0.05, 0.1) is 10.9 Å². The number of hydrogen-bond acceptors (Lipinski definition) is 2. The predicted molar refractivity (Wildman–Crippen MR) is 60.6 cm³/mol. The third kappa shape index (κ3) is 3.94. The maximum Gasteiger partial charge on any atom is 0.244 e. The summed E-state index contributed by atoms with van der Waals surface area (Å²) in [4.78, 5) is 12.3. The molecular weight excluding hydrogens is 218 g/mol. The first-order valence-electron chi connectivity index (χ1n) is 4.25. The Morgan fingerprint density at radius 3 is 2.79 bits per heavy atom.